The summed E-state index contributed by atoms with van der Waals surface area (Å²) in [5, 5.41) is 11.9. The van der Waals surface area contributed by atoms with Crippen LogP contribution in [0, 0.1) is 13.8 Å². The summed E-state index contributed by atoms with van der Waals surface area (Å²) in [5.41, 5.74) is 4.76. The van der Waals surface area contributed by atoms with Crippen molar-refractivity contribution in [2.24, 2.45) is 0 Å². The minimum absolute atomic E-state index is 0.391. The third kappa shape index (κ3) is 2.76. The molecule has 0 saturated carbocycles. The highest BCUT2D eigenvalue weighted by Crippen LogP contribution is 2.32. The molecule has 24 heavy (non-hydrogen) atoms. The number of benzene rings is 2. The fourth-order valence-corrected chi connectivity index (χ4v) is 2.90. The van der Waals surface area contributed by atoms with Crippen molar-refractivity contribution in [2.75, 3.05) is 7.11 Å². The number of aliphatic hydroxyl groups is 1. The lowest BCUT2D eigenvalue weighted by Gasteiger charge is -2.18. The van der Waals surface area contributed by atoms with Crippen molar-refractivity contribution in [1.29, 1.82) is 0 Å². The average molecular weight is 321 g/mol. The highest BCUT2D eigenvalue weighted by atomic mass is 16.5. The van der Waals surface area contributed by atoms with E-state index in [0.29, 0.717) is 5.56 Å². The summed E-state index contributed by atoms with van der Waals surface area (Å²) >= 11 is 0. The molecule has 2 aromatic carbocycles. The largest absolute Gasteiger partial charge is 0.465 e. The van der Waals surface area contributed by atoms with E-state index in [-0.39, 0.29) is 0 Å². The summed E-state index contributed by atoms with van der Waals surface area (Å²) in [6.45, 7) is 3.91. The van der Waals surface area contributed by atoms with Crippen LogP contribution < -0.4 is 0 Å². The van der Waals surface area contributed by atoms with Gasteiger partial charge in [-0.15, -0.1) is 0 Å². The molecule has 1 aromatic heterocycles. The number of hydrogen-bond donors (Lipinski definition) is 1. The normalized spacial score (nSPS) is 12.2. The molecule has 1 heterocycles. The van der Waals surface area contributed by atoms with Gasteiger partial charge < -0.3 is 9.84 Å². The Hall–Kier alpha value is -2.72. The molecule has 1 N–H and O–H groups in total. The minimum atomic E-state index is -0.789. The Bertz CT molecular complexity index is 901. The van der Waals surface area contributed by atoms with Crippen LogP contribution in [0.1, 0.15) is 38.8 Å². The van der Waals surface area contributed by atoms with E-state index in [1.807, 2.05) is 38.1 Å². The number of nitrogens with zero attached hydrogens (tertiary/aromatic N) is 1. The number of methoxy groups -OCH3 is 1. The molecule has 0 saturated heterocycles. The van der Waals surface area contributed by atoms with Crippen LogP contribution >= 0.6 is 0 Å². The lowest BCUT2D eigenvalue weighted by atomic mass is 9.92. The number of ether oxygens (including phenoxy) is 1. The standard InChI is InChI=1S/C20H19NO3/c1-12-13(2)21-17-7-5-4-6-16(17)18(12)19(22)14-8-10-15(11-9-14)20(23)24-3/h4-11,19,22H,1-3H3. The van der Waals surface area contributed by atoms with Gasteiger partial charge >= 0.3 is 5.97 Å². The molecule has 3 rings (SSSR count). The molecule has 0 aliphatic rings. The molecule has 0 fully saturated rings. The summed E-state index contributed by atoms with van der Waals surface area (Å²) in [5.74, 6) is -0.391. The van der Waals surface area contributed by atoms with Crippen LogP contribution in [-0.2, 0) is 4.74 Å². The van der Waals surface area contributed by atoms with Crippen LogP contribution in [0.4, 0.5) is 0 Å². The number of hydrogen-bond acceptors (Lipinski definition) is 4. The Morgan fingerprint density at radius 3 is 2.42 bits per heavy atom. The van der Waals surface area contributed by atoms with E-state index in [1.54, 1.807) is 24.3 Å². The molecule has 0 spiro atoms. The van der Waals surface area contributed by atoms with Crippen molar-refractivity contribution >= 4 is 16.9 Å². The van der Waals surface area contributed by atoms with E-state index < -0.39 is 12.1 Å². The summed E-state index contributed by atoms with van der Waals surface area (Å²) in [7, 11) is 1.35. The number of aliphatic hydroxyl groups excluding tert-OH is 1. The Kier molecular flexibility index (Phi) is 4.32. The molecule has 1 atom stereocenters. The summed E-state index contributed by atoms with van der Waals surface area (Å²) in [6, 6.07) is 14.6. The van der Waals surface area contributed by atoms with Crippen molar-refractivity contribution in [3.63, 3.8) is 0 Å². The first-order valence-electron chi connectivity index (χ1n) is 7.75. The molecule has 3 aromatic rings. The van der Waals surface area contributed by atoms with Gasteiger partial charge in [-0.3, -0.25) is 4.98 Å². The second-order valence-corrected chi connectivity index (χ2v) is 5.77. The van der Waals surface area contributed by atoms with Gasteiger partial charge in [0, 0.05) is 11.1 Å². The maximum atomic E-state index is 11.5. The van der Waals surface area contributed by atoms with E-state index in [0.717, 1.165) is 33.3 Å². The molecule has 4 nitrogen and oxygen atoms in total. The Labute approximate surface area is 140 Å². The van der Waals surface area contributed by atoms with Crippen LogP contribution in [0.5, 0.6) is 0 Å². The van der Waals surface area contributed by atoms with Gasteiger partial charge in [-0.25, -0.2) is 4.79 Å². The van der Waals surface area contributed by atoms with E-state index in [9.17, 15) is 9.90 Å². The molecule has 0 radical (unpaired) electrons. The van der Waals surface area contributed by atoms with Crippen LogP contribution in [0.15, 0.2) is 48.5 Å². The van der Waals surface area contributed by atoms with Crippen LogP contribution in [-0.4, -0.2) is 23.2 Å². The second-order valence-electron chi connectivity index (χ2n) is 5.77. The van der Waals surface area contributed by atoms with Gasteiger partial charge in [0.1, 0.15) is 6.10 Å². The maximum Gasteiger partial charge on any atom is 0.337 e. The highest BCUT2D eigenvalue weighted by Gasteiger charge is 2.19. The monoisotopic (exact) mass is 321 g/mol. The van der Waals surface area contributed by atoms with Gasteiger partial charge in [0.25, 0.3) is 0 Å². The van der Waals surface area contributed by atoms with Gasteiger partial charge in [-0.1, -0.05) is 30.3 Å². The number of carbonyl (C=O) groups is 1. The molecule has 0 bridgehead atoms. The van der Waals surface area contributed by atoms with Crippen molar-refractivity contribution in [2.45, 2.75) is 20.0 Å². The fourth-order valence-electron chi connectivity index (χ4n) is 2.90. The molecule has 0 aliphatic heterocycles. The SMILES string of the molecule is COC(=O)c1ccc(C(O)c2c(C)c(C)nc3ccccc23)cc1. The number of fused-ring (bicyclic) bond motifs is 1. The topological polar surface area (TPSA) is 59.4 Å². The summed E-state index contributed by atoms with van der Waals surface area (Å²) in [4.78, 5) is 16.1. The van der Waals surface area contributed by atoms with Crippen molar-refractivity contribution < 1.29 is 14.6 Å². The number of aromatic nitrogens is 1. The highest BCUT2D eigenvalue weighted by molar-refractivity contribution is 5.89. The van der Waals surface area contributed by atoms with Gasteiger partial charge in [0.2, 0.25) is 0 Å². The van der Waals surface area contributed by atoms with Crippen molar-refractivity contribution in [3.8, 4) is 0 Å². The number of para-hydroxylation sites is 1. The van der Waals surface area contributed by atoms with Gasteiger partial charge in [0.15, 0.2) is 0 Å². The Morgan fingerprint density at radius 2 is 1.75 bits per heavy atom. The number of aryl methyl sites for hydroxylation is 1. The van der Waals surface area contributed by atoms with Gasteiger partial charge in [-0.2, -0.15) is 0 Å². The molecular weight excluding hydrogens is 302 g/mol. The lowest BCUT2D eigenvalue weighted by molar-refractivity contribution is 0.0600. The van der Waals surface area contributed by atoms with Crippen LogP contribution in [0.2, 0.25) is 0 Å². The van der Waals surface area contributed by atoms with Crippen molar-refractivity contribution in [1.82, 2.24) is 4.98 Å². The molecule has 122 valence electrons. The number of carbonyl (C=O) groups excluding carboxylic acids is 1. The van der Waals surface area contributed by atoms with E-state index >= 15 is 0 Å². The average Bonchev–Trinajstić information content (AvgIpc) is 2.62. The zero-order valence-electron chi connectivity index (χ0n) is 13.9. The van der Waals surface area contributed by atoms with Crippen LogP contribution in [0.25, 0.3) is 10.9 Å². The number of pyridine rings is 1. The first-order chi connectivity index (χ1) is 11.5. The Morgan fingerprint density at radius 1 is 1.08 bits per heavy atom. The Balaban J connectivity index is 2.10. The summed E-state index contributed by atoms with van der Waals surface area (Å²) in [6.07, 6.45) is -0.789. The smallest absolute Gasteiger partial charge is 0.337 e. The molecular formula is C20H19NO3. The first-order valence-corrected chi connectivity index (χ1v) is 7.75. The van der Waals surface area contributed by atoms with Gasteiger partial charge in [0.05, 0.1) is 18.2 Å². The van der Waals surface area contributed by atoms with Crippen LogP contribution in [0.3, 0.4) is 0 Å². The third-order valence-electron chi connectivity index (χ3n) is 4.35. The molecule has 0 amide bonds. The molecule has 0 aliphatic carbocycles. The quantitative estimate of drug-likeness (QED) is 0.747. The number of esters is 1. The maximum absolute atomic E-state index is 11.5. The number of rotatable bonds is 3. The zero-order chi connectivity index (χ0) is 17.3. The van der Waals surface area contributed by atoms with E-state index in [4.69, 9.17) is 4.74 Å². The minimum Gasteiger partial charge on any atom is -0.465 e. The fraction of sp³-hybridized carbons (Fsp3) is 0.200. The predicted octanol–water partition coefficient (Wildman–Crippen LogP) is 3.72. The lowest BCUT2D eigenvalue weighted by Crippen LogP contribution is -2.07. The molecule has 4 heteroatoms. The third-order valence-corrected chi connectivity index (χ3v) is 4.35. The van der Waals surface area contributed by atoms with E-state index in [1.165, 1.54) is 7.11 Å². The van der Waals surface area contributed by atoms with E-state index in [2.05, 4.69) is 4.98 Å². The first kappa shape index (κ1) is 16.1. The zero-order valence-corrected chi connectivity index (χ0v) is 13.9. The molecule has 1 unspecified atom stereocenters. The predicted molar refractivity (Wildman–Crippen MR) is 93.1 cm³/mol. The van der Waals surface area contributed by atoms with Crippen molar-refractivity contribution in [3.05, 3.63) is 76.5 Å². The second kappa shape index (κ2) is 6.42. The van der Waals surface area contributed by atoms with Gasteiger partial charge in [-0.05, 0) is 48.7 Å². The summed E-state index contributed by atoms with van der Waals surface area (Å²) < 4.78 is 4.70.